The normalized spacial score (nSPS) is 22.1. The fraction of sp³-hybridized carbons (Fsp3) is 0.600. The van der Waals surface area contributed by atoms with Gasteiger partial charge in [0.1, 0.15) is 5.69 Å². The van der Waals surface area contributed by atoms with Crippen LogP contribution in [-0.2, 0) is 0 Å². The van der Waals surface area contributed by atoms with Crippen LogP contribution >= 0.6 is 0 Å². The van der Waals surface area contributed by atoms with Gasteiger partial charge in [-0.25, -0.2) is 0 Å². The van der Waals surface area contributed by atoms with E-state index in [-0.39, 0.29) is 16.7 Å². The molecule has 2 rings (SSSR count). The van der Waals surface area contributed by atoms with Gasteiger partial charge >= 0.3 is 5.69 Å². The first-order valence-corrected chi connectivity index (χ1v) is 7.45. The maximum absolute atomic E-state index is 11.5. The molecule has 0 saturated carbocycles. The number of hydrogen-bond acceptors (Lipinski definition) is 5. The number of nitrogens with two attached hydrogens (primary N) is 1. The summed E-state index contributed by atoms with van der Waals surface area (Å²) in [5.74, 6) is 0.784. The van der Waals surface area contributed by atoms with E-state index in [4.69, 9.17) is 10.5 Å². The van der Waals surface area contributed by atoms with Crippen molar-refractivity contribution in [3.05, 3.63) is 28.3 Å². The van der Waals surface area contributed by atoms with Gasteiger partial charge in [-0.2, -0.15) is 0 Å². The van der Waals surface area contributed by atoms with Crippen LogP contribution < -0.4 is 15.4 Å². The molecule has 2 unspecified atom stereocenters. The molecule has 2 atom stereocenters. The molecule has 0 amide bonds. The lowest BCUT2D eigenvalue weighted by Gasteiger charge is -2.36. The molecule has 1 aromatic carbocycles. The van der Waals surface area contributed by atoms with Crippen LogP contribution in [0.15, 0.2) is 18.2 Å². The number of nitro benzene ring substituents is 1. The molecular formula is C15H23N3O3. The quantitative estimate of drug-likeness (QED) is 0.666. The van der Waals surface area contributed by atoms with Gasteiger partial charge in [-0.1, -0.05) is 19.9 Å². The van der Waals surface area contributed by atoms with Gasteiger partial charge in [0.15, 0.2) is 5.75 Å². The van der Waals surface area contributed by atoms with Crippen molar-refractivity contribution in [3.8, 4) is 5.75 Å². The number of anilines is 1. The molecule has 0 bridgehead atoms. The van der Waals surface area contributed by atoms with Gasteiger partial charge in [0.05, 0.1) is 11.5 Å². The number of nitro groups is 1. The number of para-hydroxylation sites is 1. The maximum atomic E-state index is 11.5. The summed E-state index contributed by atoms with van der Waals surface area (Å²) in [4.78, 5) is 13.1. The first-order valence-electron chi connectivity index (χ1n) is 7.45. The van der Waals surface area contributed by atoms with Crippen LogP contribution in [0.4, 0.5) is 11.4 Å². The van der Waals surface area contributed by atoms with E-state index in [9.17, 15) is 10.1 Å². The summed E-state index contributed by atoms with van der Waals surface area (Å²) in [6, 6.07) is 5.28. The summed E-state index contributed by atoms with van der Waals surface area (Å²) in [6.07, 6.45) is 1.76. The Morgan fingerprint density at radius 1 is 1.52 bits per heavy atom. The summed E-state index contributed by atoms with van der Waals surface area (Å²) in [5.41, 5.74) is 6.76. The van der Waals surface area contributed by atoms with Crippen molar-refractivity contribution in [2.75, 3.05) is 24.6 Å². The summed E-state index contributed by atoms with van der Waals surface area (Å²) in [7, 11) is 0. The molecule has 6 nitrogen and oxygen atoms in total. The topological polar surface area (TPSA) is 81.6 Å². The van der Waals surface area contributed by atoms with Gasteiger partial charge in [0.2, 0.25) is 0 Å². The van der Waals surface area contributed by atoms with Crippen molar-refractivity contribution in [3.63, 3.8) is 0 Å². The molecule has 1 aliphatic rings. The first-order chi connectivity index (χ1) is 10.0. The molecule has 1 heterocycles. The largest absolute Gasteiger partial charge is 0.487 e. The zero-order valence-electron chi connectivity index (χ0n) is 12.6. The lowest BCUT2D eigenvalue weighted by atomic mass is 9.94. The summed E-state index contributed by atoms with van der Waals surface area (Å²) < 4.78 is 5.53. The molecule has 1 aromatic rings. The Morgan fingerprint density at radius 2 is 2.29 bits per heavy atom. The van der Waals surface area contributed by atoms with Crippen LogP contribution in [0.5, 0.6) is 5.75 Å². The third kappa shape index (κ3) is 3.44. The van der Waals surface area contributed by atoms with Crippen molar-refractivity contribution >= 4 is 11.4 Å². The fourth-order valence-corrected chi connectivity index (χ4v) is 2.60. The number of benzene rings is 1. The first kappa shape index (κ1) is 15.6. The highest BCUT2D eigenvalue weighted by molar-refractivity contribution is 5.70. The molecule has 0 aromatic heterocycles. The highest BCUT2D eigenvalue weighted by atomic mass is 16.6. The van der Waals surface area contributed by atoms with Gasteiger partial charge < -0.3 is 15.4 Å². The van der Waals surface area contributed by atoms with E-state index in [0.29, 0.717) is 30.5 Å². The van der Waals surface area contributed by atoms with Gasteiger partial charge in [0, 0.05) is 19.1 Å². The number of rotatable bonds is 5. The minimum atomic E-state index is -0.357. The Morgan fingerprint density at radius 3 is 2.90 bits per heavy atom. The van der Waals surface area contributed by atoms with Crippen molar-refractivity contribution in [2.24, 2.45) is 11.7 Å². The van der Waals surface area contributed by atoms with E-state index in [0.717, 1.165) is 19.4 Å². The molecule has 2 N–H and O–H groups in total. The predicted molar refractivity (Wildman–Crippen MR) is 82.9 cm³/mol. The van der Waals surface area contributed by atoms with E-state index in [2.05, 4.69) is 6.92 Å². The zero-order chi connectivity index (χ0) is 15.4. The second-order valence-corrected chi connectivity index (χ2v) is 5.61. The molecule has 0 spiro atoms. The number of hydrogen-bond donors (Lipinski definition) is 1. The zero-order valence-corrected chi connectivity index (χ0v) is 12.6. The van der Waals surface area contributed by atoms with Crippen LogP contribution in [0.2, 0.25) is 0 Å². The van der Waals surface area contributed by atoms with E-state index >= 15 is 0 Å². The predicted octanol–water partition coefficient (Wildman–Crippen LogP) is 2.56. The van der Waals surface area contributed by atoms with Crippen molar-refractivity contribution < 1.29 is 9.66 Å². The highest BCUT2D eigenvalue weighted by Crippen LogP contribution is 2.38. The Bertz CT molecular complexity index is 507. The molecule has 116 valence electrons. The Kier molecular flexibility index (Phi) is 5.01. The lowest BCUT2D eigenvalue weighted by molar-refractivity contribution is -0.385. The van der Waals surface area contributed by atoms with Gasteiger partial charge in [-0.05, 0) is 30.9 Å². The van der Waals surface area contributed by atoms with Crippen LogP contribution in [0, 0.1) is 16.0 Å². The Labute approximate surface area is 125 Å². The number of nitrogens with zero attached hydrogens (tertiary/aromatic N) is 2. The van der Waals surface area contributed by atoms with E-state index < -0.39 is 0 Å². The van der Waals surface area contributed by atoms with Gasteiger partial charge in [-0.15, -0.1) is 0 Å². The minimum Gasteiger partial charge on any atom is -0.487 e. The summed E-state index contributed by atoms with van der Waals surface area (Å²) >= 11 is 0. The molecule has 21 heavy (non-hydrogen) atoms. The number of piperidine rings is 1. The van der Waals surface area contributed by atoms with E-state index in [1.807, 2.05) is 11.8 Å². The average Bonchev–Trinajstić information content (AvgIpc) is 2.47. The van der Waals surface area contributed by atoms with Crippen LogP contribution in [0.3, 0.4) is 0 Å². The second-order valence-electron chi connectivity index (χ2n) is 5.61. The Balaban J connectivity index is 2.32. The molecule has 1 fully saturated rings. The second kappa shape index (κ2) is 6.76. The van der Waals surface area contributed by atoms with Crippen molar-refractivity contribution in [1.82, 2.24) is 0 Å². The van der Waals surface area contributed by atoms with Crippen molar-refractivity contribution in [1.29, 1.82) is 0 Å². The molecule has 1 saturated heterocycles. The minimum absolute atomic E-state index is 0.0403. The molecular weight excluding hydrogens is 270 g/mol. The third-order valence-electron chi connectivity index (χ3n) is 3.98. The van der Waals surface area contributed by atoms with Gasteiger partial charge in [0.25, 0.3) is 0 Å². The van der Waals surface area contributed by atoms with Crippen LogP contribution in [-0.4, -0.2) is 30.7 Å². The molecule has 6 heteroatoms. The molecule has 0 radical (unpaired) electrons. The molecule has 0 aliphatic carbocycles. The smallest absolute Gasteiger partial charge is 0.333 e. The average molecular weight is 293 g/mol. The standard InChI is InChI=1S/C15H23N3O3/c1-3-9-21-14-6-4-5-13(15(14)18(19)20)17-8-7-11(2)12(16)10-17/h4-6,11-12H,3,7-10,16H2,1-2H3. The molecule has 1 aliphatic heterocycles. The van der Waals surface area contributed by atoms with Crippen molar-refractivity contribution in [2.45, 2.75) is 32.7 Å². The van der Waals surface area contributed by atoms with Gasteiger partial charge in [-0.3, -0.25) is 10.1 Å². The maximum Gasteiger partial charge on any atom is 0.333 e. The SMILES string of the molecule is CCCOc1cccc(N2CCC(C)C(N)C2)c1[N+](=O)[O-]. The van der Waals surface area contributed by atoms with Crippen LogP contribution in [0.25, 0.3) is 0 Å². The monoisotopic (exact) mass is 293 g/mol. The van der Waals surface area contributed by atoms with Crippen LogP contribution in [0.1, 0.15) is 26.7 Å². The Hall–Kier alpha value is -1.82. The van der Waals surface area contributed by atoms with E-state index in [1.54, 1.807) is 18.2 Å². The third-order valence-corrected chi connectivity index (χ3v) is 3.98. The van der Waals surface area contributed by atoms with E-state index in [1.165, 1.54) is 0 Å². The lowest BCUT2D eigenvalue weighted by Crippen LogP contribution is -2.47. The summed E-state index contributed by atoms with van der Waals surface area (Å²) in [5, 5.41) is 11.5. The number of ether oxygens (including phenoxy) is 1. The summed E-state index contributed by atoms with van der Waals surface area (Å²) in [6.45, 7) is 5.99. The fourth-order valence-electron chi connectivity index (χ4n) is 2.60. The highest BCUT2D eigenvalue weighted by Gasteiger charge is 2.30.